The third-order valence-electron chi connectivity index (χ3n) is 7.73. The topological polar surface area (TPSA) is 61.1 Å². The quantitative estimate of drug-likeness (QED) is 0.240. The molecule has 1 aliphatic heterocycles. The smallest absolute Gasteiger partial charge is 0.253 e. The van der Waals surface area contributed by atoms with Crippen molar-refractivity contribution in [2.75, 3.05) is 32.7 Å². The lowest BCUT2D eigenvalue weighted by atomic mass is 10.0. The average molecular weight is 543 g/mol. The maximum absolute atomic E-state index is 13.8. The van der Waals surface area contributed by atoms with Gasteiger partial charge in [0.05, 0.1) is 5.52 Å². The highest BCUT2D eigenvalue weighted by Gasteiger charge is 2.20. The molecule has 1 aliphatic rings. The fraction of sp³-hybridized carbons (Fsp3) is 0.471. The highest BCUT2D eigenvalue weighted by molar-refractivity contribution is 5.96. The molecule has 4 rings (SSSR count). The van der Waals surface area contributed by atoms with Gasteiger partial charge in [0.1, 0.15) is 11.5 Å². The number of likely N-dealkylation sites (tertiary alicyclic amines) is 1. The van der Waals surface area contributed by atoms with Crippen molar-refractivity contribution in [3.8, 4) is 11.3 Å². The van der Waals surface area contributed by atoms with Crippen molar-refractivity contribution in [1.82, 2.24) is 19.4 Å². The van der Waals surface area contributed by atoms with Gasteiger partial charge in [0.25, 0.3) is 5.91 Å². The highest BCUT2D eigenvalue weighted by atomic mass is 16.3. The molecule has 0 unspecified atom stereocenters. The van der Waals surface area contributed by atoms with Crippen molar-refractivity contribution < 1.29 is 9.90 Å². The van der Waals surface area contributed by atoms with Crippen LogP contribution < -0.4 is 0 Å². The minimum absolute atomic E-state index is 0.0311. The number of amides is 1. The maximum atomic E-state index is 13.8. The third kappa shape index (κ3) is 7.63. The number of carbonyl (C=O) groups is 1. The van der Waals surface area contributed by atoms with Gasteiger partial charge in [-0.15, -0.1) is 0 Å². The van der Waals surface area contributed by atoms with E-state index in [1.54, 1.807) is 0 Å². The van der Waals surface area contributed by atoms with Crippen LogP contribution in [-0.4, -0.2) is 63.2 Å². The van der Waals surface area contributed by atoms with Crippen LogP contribution in [0.15, 0.2) is 55.3 Å². The van der Waals surface area contributed by atoms with E-state index in [9.17, 15) is 9.90 Å². The first-order valence-corrected chi connectivity index (χ1v) is 14.9. The van der Waals surface area contributed by atoms with E-state index < -0.39 is 0 Å². The lowest BCUT2D eigenvalue weighted by Gasteiger charge is -2.25. The number of piperidine rings is 1. The van der Waals surface area contributed by atoms with Gasteiger partial charge in [-0.25, -0.2) is 4.52 Å². The van der Waals surface area contributed by atoms with Gasteiger partial charge >= 0.3 is 0 Å². The Morgan fingerprint density at radius 2 is 1.73 bits per heavy atom. The molecule has 214 valence electrons. The highest BCUT2D eigenvalue weighted by Crippen LogP contribution is 2.30. The Kier molecular flexibility index (Phi) is 10.2. The van der Waals surface area contributed by atoms with Gasteiger partial charge in [-0.1, -0.05) is 71.0 Å². The second-order valence-corrected chi connectivity index (χ2v) is 12.0. The van der Waals surface area contributed by atoms with Crippen molar-refractivity contribution in [2.24, 2.45) is 11.8 Å². The molecule has 0 bridgehead atoms. The molecule has 0 saturated carbocycles. The van der Waals surface area contributed by atoms with E-state index >= 15 is 0 Å². The predicted octanol–water partition coefficient (Wildman–Crippen LogP) is 7.56. The van der Waals surface area contributed by atoms with E-state index in [0.717, 1.165) is 67.9 Å². The van der Waals surface area contributed by atoms with E-state index in [-0.39, 0.29) is 11.7 Å². The van der Waals surface area contributed by atoms with Crippen LogP contribution in [0.25, 0.3) is 28.6 Å². The van der Waals surface area contributed by atoms with Crippen molar-refractivity contribution in [3.05, 3.63) is 71.9 Å². The number of fused-ring (bicyclic) bond motifs is 1. The van der Waals surface area contributed by atoms with Gasteiger partial charge < -0.3 is 10.0 Å². The fourth-order valence-corrected chi connectivity index (χ4v) is 5.21. The summed E-state index contributed by atoms with van der Waals surface area (Å²) in [6.07, 6.45) is 12.0. The van der Waals surface area contributed by atoms with Crippen LogP contribution in [0.4, 0.5) is 0 Å². The summed E-state index contributed by atoms with van der Waals surface area (Å²) in [5.41, 5.74) is 4.95. The summed E-state index contributed by atoms with van der Waals surface area (Å²) in [4.78, 5) is 18.3. The van der Waals surface area contributed by atoms with Gasteiger partial charge in [0.15, 0.2) is 0 Å². The molecule has 3 aromatic rings. The summed E-state index contributed by atoms with van der Waals surface area (Å²) < 4.78 is 1.86. The van der Waals surface area contributed by atoms with E-state index in [4.69, 9.17) is 5.10 Å². The van der Waals surface area contributed by atoms with Gasteiger partial charge in [-0.05, 0) is 68.8 Å². The molecule has 6 nitrogen and oxygen atoms in total. The minimum atomic E-state index is 0.0311. The summed E-state index contributed by atoms with van der Waals surface area (Å²) >= 11 is 0. The molecule has 40 heavy (non-hydrogen) atoms. The molecule has 0 atom stereocenters. The van der Waals surface area contributed by atoms with E-state index in [2.05, 4.69) is 51.3 Å². The van der Waals surface area contributed by atoms with Crippen LogP contribution in [0.1, 0.15) is 81.3 Å². The van der Waals surface area contributed by atoms with E-state index in [1.165, 1.54) is 19.3 Å². The number of hydrogen-bond donors (Lipinski definition) is 1. The first-order chi connectivity index (χ1) is 19.2. The van der Waals surface area contributed by atoms with Gasteiger partial charge in [-0.2, -0.15) is 5.10 Å². The zero-order valence-corrected chi connectivity index (χ0v) is 24.8. The van der Waals surface area contributed by atoms with Crippen molar-refractivity contribution in [1.29, 1.82) is 0 Å². The average Bonchev–Trinajstić information content (AvgIpc) is 3.31. The molecule has 0 spiro atoms. The summed E-state index contributed by atoms with van der Waals surface area (Å²) in [6.45, 7) is 17.2. The largest absolute Gasteiger partial charge is 0.508 e. The molecular formula is C34H46N4O2. The molecule has 2 aromatic heterocycles. The zero-order chi connectivity index (χ0) is 28.6. The van der Waals surface area contributed by atoms with Gasteiger partial charge in [0, 0.05) is 48.1 Å². The predicted molar refractivity (Wildman–Crippen MR) is 166 cm³/mol. The fourth-order valence-electron chi connectivity index (χ4n) is 5.21. The first kappa shape index (κ1) is 29.6. The zero-order valence-electron chi connectivity index (χ0n) is 24.8. The van der Waals surface area contributed by atoms with E-state index in [0.29, 0.717) is 23.0 Å². The molecular weight excluding hydrogens is 496 g/mol. The lowest BCUT2D eigenvalue weighted by Crippen LogP contribution is -2.34. The van der Waals surface area contributed by atoms with E-state index in [1.807, 2.05) is 52.0 Å². The molecule has 3 heterocycles. The number of aromatic nitrogens is 2. The number of aliphatic hydroxyl groups excluding tert-OH is 1. The summed E-state index contributed by atoms with van der Waals surface area (Å²) in [5, 5.41) is 14.9. The molecule has 0 aliphatic carbocycles. The number of carbonyl (C=O) groups excluding carboxylic acids is 1. The third-order valence-corrected chi connectivity index (χ3v) is 7.73. The van der Waals surface area contributed by atoms with Crippen LogP contribution in [0.5, 0.6) is 0 Å². The molecule has 0 radical (unpaired) electrons. The second kappa shape index (κ2) is 13.8. The Hall–Kier alpha value is -3.38. The number of benzene rings is 1. The summed E-state index contributed by atoms with van der Waals surface area (Å²) in [6, 6.07) is 11.5. The van der Waals surface area contributed by atoms with Crippen LogP contribution in [0.3, 0.4) is 0 Å². The Bertz CT molecular complexity index is 1320. The second-order valence-electron chi connectivity index (χ2n) is 12.0. The lowest BCUT2D eigenvalue weighted by molar-refractivity contribution is 0.0741. The molecule has 1 amide bonds. The number of pyridine rings is 1. The van der Waals surface area contributed by atoms with Crippen LogP contribution in [0, 0.1) is 11.8 Å². The molecule has 1 N–H and O–H groups in total. The Morgan fingerprint density at radius 3 is 2.38 bits per heavy atom. The number of nitrogens with zero attached hydrogens (tertiary/aromatic N) is 4. The summed E-state index contributed by atoms with van der Waals surface area (Å²) in [7, 11) is 0. The standard InChI is InChI=1S/C34H46N4O2/c1-25(2)14-20-37(21-15-26(3)4)34(40)30-16-22-38-32(24-30)31(13-10-19-36-17-7-6-8-18-36)33(35-38)29-12-9-11-28(23-29)27(5)39/h9-13,16,22-26,39H,5-8,14-15,17-21H2,1-4H3/b13-10+. The normalized spacial score (nSPS) is 14.6. The SMILES string of the molecule is C=C(O)c1cccc(-c2nn3ccc(C(=O)N(CCC(C)C)CCC(C)C)cc3c2/C=C/CN2CCCCC2)c1. The monoisotopic (exact) mass is 542 g/mol. The van der Waals surface area contributed by atoms with Crippen LogP contribution >= 0.6 is 0 Å². The Morgan fingerprint density at radius 1 is 1.02 bits per heavy atom. The Labute approximate surface area is 240 Å². The minimum Gasteiger partial charge on any atom is -0.508 e. The number of hydrogen-bond acceptors (Lipinski definition) is 4. The van der Waals surface area contributed by atoms with Crippen LogP contribution in [-0.2, 0) is 0 Å². The van der Waals surface area contributed by atoms with Crippen LogP contribution in [0.2, 0.25) is 0 Å². The summed E-state index contributed by atoms with van der Waals surface area (Å²) in [5.74, 6) is 1.19. The molecule has 1 fully saturated rings. The molecule has 1 aromatic carbocycles. The van der Waals surface area contributed by atoms with Gasteiger partial charge in [0.2, 0.25) is 0 Å². The van der Waals surface area contributed by atoms with Gasteiger partial charge in [-0.3, -0.25) is 9.69 Å². The van der Waals surface area contributed by atoms with Crippen molar-refractivity contribution in [3.63, 3.8) is 0 Å². The van der Waals surface area contributed by atoms with Crippen molar-refractivity contribution >= 4 is 23.3 Å². The Balaban J connectivity index is 1.72. The number of aliphatic hydroxyl groups is 1. The maximum Gasteiger partial charge on any atom is 0.253 e. The molecule has 6 heteroatoms. The molecule has 1 saturated heterocycles. The van der Waals surface area contributed by atoms with Crippen molar-refractivity contribution in [2.45, 2.75) is 59.8 Å². The number of rotatable bonds is 12. The first-order valence-electron chi connectivity index (χ1n) is 14.9.